The molecule has 0 spiro atoms. The van der Waals surface area contributed by atoms with Crippen LogP contribution in [-0.2, 0) is 52.8 Å². The average Bonchev–Trinajstić information content (AvgIpc) is 3.95. The molecule has 1 aromatic carbocycles. The summed E-state index contributed by atoms with van der Waals surface area (Å²) in [5.41, 5.74) is 6.56. The number of primary amides is 1. The van der Waals surface area contributed by atoms with Gasteiger partial charge >= 0.3 is 6.09 Å². The van der Waals surface area contributed by atoms with E-state index in [1.165, 1.54) is 25.0 Å². The second-order valence-corrected chi connectivity index (χ2v) is 18.2. The minimum Gasteiger partial charge on any atom is -0.444 e. The summed E-state index contributed by atoms with van der Waals surface area (Å²) in [6.07, 6.45) is 3.87. The fourth-order valence-corrected chi connectivity index (χ4v) is 6.86. The molecule has 3 aromatic rings. The summed E-state index contributed by atoms with van der Waals surface area (Å²) in [6.45, 7) is 15.8. The molecule has 0 unspecified atom stereocenters. The molecule has 358 valence electrons. The van der Waals surface area contributed by atoms with Crippen molar-refractivity contribution in [2.24, 2.45) is 23.5 Å². The molecule has 0 radical (unpaired) electrons. The lowest BCUT2D eigenvalue weighted by Gasteiger charge is -2.30. The van der Waals surface area contributed by atoms with Crippen LogP contribution in [0, 0.1) is 17.8 Å². The third kappa shape index (κ3) is 18.4. The lowest BCUT2D eigenvalue weighted by atomic mass is 9.95. The molecule has 2 heterocycles. The number of aromatic amines is 2. The van der Waals surface area contributed by atoms with Gasteiger partial charge in [0.05, 0.1) is 31.2 Å². The Morgan fingerprint density at radius 2 is 1.25 bits per heavy atom. The summed E-state index contributed by atoms with van der Waals surface area (Å²) in [4.78, 5) is 108. The fraction of sp³-hybridized carbons (Fsp3) is 0.578. The maximum atomic E-state index is 14.2. The molecule has 0 aliphatic carbocycles. The van der Waals surface area contributed by atoms with E-state index >= 15 is 0 Å². The van der Waals surface area contributed by atoms with Crippen LogP contribution in [0.2, 0.25) is 0 Å². The van der Waals surface area contributed by atoms with Gasteiger partial charge in [-0.05, 0) is 50.5 Å². The molecule has 2 aromatic heterocycles. The zero-order valence-electron chi connectivity index (χ0n) is 38.9. The number of alkyl carbamates (subject to hydrolysis) is 1. The van der Waals surface area contributed by atoms with Gasteiger partial charge in [0.1, 0.15) is 35.8 Å². The molecule has 0 saturated carbocycles. The van der Waals surface area contributed by atoms with Gasteiger partial charge in [0.25, 0.3) is 0 Å². The minimum absolute atomic E-state index is 0.0403. The van der Waals surface area contributed by atoms with Crippen LogP contribution in [0.25, 0.3) is 0 Å². The summed E-state index contributed by atoms with van der Waals surface area (Å²) >= 11 is 0. The van der Waals surface area contributed by atoms with Crippen LogP contribution in [0.5, 0.6) is 0 Å². The number of amides is 7. The third-order valence-corrected chi connectivity index (χ3v) is 10.5. The number of hydrogen-bond acceptors (Lipinski definition) is 11. The smallest absolute Gasteiger partial charge is 0.408 e. The number of hydrogen-bond donors (Lipinski definition) is 10. The van der Waals surface area contributed by atoms with Gasteiger partial charge in [-0.2, -0.15) is 0 Å². The number of carbonyl (C=O) groups excluding carboxylic acids is 7. The number of aliphatic hydroxyl groups excluding tert-OH is 1. The molecule has 65 heavy (non-hydrogen) atoms. The van der Waals surface area contributed by atoms with Crippen molar-refractivity contribution in [1.82, 2.24) is 51.8 Å². The van der Waals surface area contributed by atoms with Crippen LogP contribution in [0.1, 0.15) is 98.5 Å². The number of aliphatic hydroxyl groups is 1. The van der Waals surface area contributed by atoms with Crippen molar-refractivity contribution in [2.75, 3.05) is 0 Å². The van der Waals surface area contributed by atoms with Crippen molar-refractivity contribution in [2.45, 2.75) is 149 Å². The summed E-state index contributed by atoms with van der Waals surface area (Å²) in [5, 5.41) is 27.8. The van der Waals surface area contributed by atoms with Crippen molar-refractivity contribution in [1.29, 1.82) is 0 Å². The number of aromatic nitrogens is 4. The SMILES string of the molecule is CC[C@H](C)[C@H](NC(=O)[C@@H](NC(=O)C[C@H](O)[C@H](CC(C)C)NC(=O)[C@H](Cc1cnc[nH]1)NC(=O)[C@H](Cc1ccccc1)NC(=O)OC(C)(C)C)C(C)C)C(=O)N[C@@H](Cc1cnc[nH]1)C(N)=O. The molecule has 0 bridgehead atoms. The molecular formula is C45H69N11O9. The lowest BCUT2D eigenvalue weighted by molar-refractivity contribution is -0.135. The fourth-order valence-electron chi connectivity index (χ4n) is 6.86. The van der Waals surface area contributed by atoms with Gasteiger partial charge < -0.3 is 57.4 Å². The zero-order valence-corrected chi connectivity index (χ0v) is 38.9. The molecule has 8 atom stereocenters. The van der Waals surface area contributed by atoms with E-state index in [-0.39, 0.29) is 37.5 Å². The Bertz CT molecular complexity index is 1990. The number of carbonyl (C=O) groups is 7. The Hall–Kier alpha value is -6.31. The molecule has 3 rings (SSSR count). The predicted octanol–water partition coefficient (Wildman–Crippen LogP) is 1.46. The van der Waals surface area contributed by atoms with Gasteiger partial charge in [-0.25, -0.2) is 14.8 Å². The number of nitrogens with zero attached hydrogens (tertiary/aromatic N) is 2. The summed E-state index contributed by atoms with van der Waals surface area (Å²) in [6, 6.07) is 2.31. The van der Waals surface area contributed by atoms with E-state index in [2.05, 4.69) is 51.8 Å². The maximum absolute atomic E-state index is 14.2. The quantitative estimate of drug-likeness (QED) is 0.0581. The van der Waals surface area contributed by atoms with E-state index in [1.807, 2.05) is 26.8 Å². The number of nitrogens with two attached hydrogens (primary N) is 1. The molecular weight excluding hydrogens is 839 g/mol. The van der Waals surface area contributed by atoms with Crippen molar-refractivity contribution in [3.8, 4) is 0 Å². The molecule has 7 amide bonds. The number of imidazole rings is 2. The highest BCUT2D eigenvalue weighted by Gasteiger charge is 2.35. The number of ether oxygens (including phenoxy) is 1. The van der Waals surface area contributed by atoms with Gasteiger partial charge in [-0.15, -0.1) is 0 Å². The largest absolute Gasteiger partial charge is 0.444 e. The topological polar surface area (TPSA) is 305 Å². The first kappa shape index (κ1) is 53.0. The molecule has 20 heteroatoms. The van der Waals surface area contributed by atoms with Crippen molar-refractivity contribution in [3.63, 3.8) is 0 Å². The molecule has 11 N–H and O–H groups in total. The maximum Gasteiger partial charge on any atom is 0.408 e. The molecule has 0 aliphatic rings. The van der Waals surface area contributed by atoms with Crippen molar-refractivity contribution < 1.29 is 43.4 Å². The van der Waals surface area contributed by atoms with Gasteiger partial charge in [0, 0.05) is 43.0 Å². The highest BCUT2D eigenvalue weighted by atomic mass is 16.6. The van der Waals surface area contributed by atoms with Crippen LogP contribution in [-0.4, -0.2) is 115 Å². The van der Waals surface area contributed by atoms with Crippen molar-refractivity contribution in [3.05, 3.63) is 72.3 Å². The second-order valence-electron chi connectivity index (χ2n) is 18.2. The molecule has 20 nitrogen and oxygen atoms in total. The van der Waals surface area contributed by atoms with Gasteiger partial charge in [0.2, 0.25) is 35.4 Å². The van der Waals surface area contributed by atoms with Gasteiger partial charge in [0.15, 0.2) is 0 Å². The summed E-state index contributed by atoms with van der Waals surface area (Å²) in [7, 11) is 0. The number of rotatable bonds is 25. The highest BCUT2D eigenvalue weighted by Crippen LogP contribution is 2.16. The first-order valence-electron chi connectivity index (χ1n) is 22.0. The monoisotopic (exact) mass is 908 g/mol. The van der Waals surface area contributed by atoms with Gasteiger partial charge in [-0.3, -0.25) is 28.8 Å². The zero-order chi connectivity index (χ0) is 48.4. The van der Waals surface area contributed by atoms with Crippen LogP contribution >= 0.6 is 0 Å². The van der Waals surface area contributed by atoms with Gasteiger partial charge in [-0.1, -0.05) is 78.3 Å². The molecule has 0 saturated heterocycles. The molecule has 0 aliphatic heterocycles. The summed E-state index contributed by atoms with van der Waals surface area (Å²) in [5.74, 6) is -5.06. The standard InChI is InChI=1S/C45H69N11O9/c1-10-27(6)38(43(63)52-32(39(46)59)18-29-21-47-23-49-29)56-42(62)37(26(4)5)55-36(58)20-35(57)31(16-25(2)3)51-41(61)34(19-30-22-48-24-50-30)53-40(60)33(17-28-14-12-11-13-15-28)54-44(64)65-45(7,8)9/h11-15,21-27,31-35,37-38,57H,10,16-20H2,1-9H3,(H2,46,59)(H,47,49)(H,48,50)(H,51,61)(H,52,63)(H,53,60)(H,54,64)(H,55,58)(H,56,62)/t27-,31-,32-,33-,34-,35-,37-,38-/m0/s1. The Morgan fingerprint density at radius 1 is 0.708 bits per heavy atom. The van der Waals surface area contributed by atoms with Crippen LogP contribution in [0.15, 0.2) is 55.4 Å². The Morgan fingerprint density at radius 3 is 1.75 bits per heavy atom. The first-order valence-corrected chi connectivity index (χ1v) is 22.0. The number of H-pyrrole nitrogens is 2. The lowest BCUT2D eigenvalue weighted by Crippen LogP contribution is -2.59. The first-order chi connectivity index (χ1) is 30.6. The van der Waals surface area contributed by atoms with E-state index in [9.17, 15) is 38.7 Å². The number of benzene rings is 1. The van der Waals surface area contributed by atoms with E-state index < -0.39 is 102 Å². The number of nitrogens with one attached hydrogen (secondary N) is 8. The van der Waals surface area contributed by atoms with E-state index in [0.717, 1.165) is 5.56 Å². The Labute approximate surface area is 380 Å². The Balaban J connectivity index is 1.77. The van der Waals surface area contributed by atoms with E-state index in [1.54, 1.807) is 65.8 Å². The third-order valence-electron chi connectivity index (χ3n) is 10.5. The van der Waals surface area contributed by atoms with E-state index in [0.29, 0.717) is 17.8 Å². The normalized spacial score (nSPS) is 15.3. The molecule has 0 fully saturated rings. The Kier molecular flexibility index (Phi) is 20.6. The minimum atomic E-state index is -1.44. The average molecular weight is 908 g/mol. The highest BCUT2D eigenvalue weighted by molar-refractivity contribution is 5.95. The second kappa shape index (κ2) is 25.2. The van der Waals surface area contributed by atoms with Crippen LogP contribution in [0.4, 0.5) is 4.79 Å². The summed E-state index contributed by atoms with van der Waals surface area (Å²) < 4.78 is 5.43. The van der Waals surface area contributed by atoms with E-state index in [4.69, 9.17) is 10.5 Å². The van der Waals surface area contributed by atoms with Crippen LogP contribution < -0.4 is 37.6 Å². The van der Waals surface area contributed by atoms with Crippen LogP contribution in [0.3, 0.4) is 0 Å². The van der Waals surface area contributed by atoms with Crippen molar-refractivity contribution >= 4 is 41.5 Å². The predicted molar refractivity (Wildman–Crippen MR) is 241 cm³/mol.